The van der Waals surface area contributed by atoms with Gasteiger partial charge in [0.15, 0.2) is 0 Å². The molecule has 0 aromatic carbocycles. The fourth-order valence-corrected chi connectivity index (χ4v) is 0.682. The predicted molar refractivity (Wildman–Crippen MR) is 46.0 cm³/mol. The number of esters is 2. The maximum Gasteiger partial charge on any atom is 0.355 e. The van der Waals surface area contributed by atoms with E-state index in [1.165, 1.54) is 0 Å². The van der Waals surface area contributed by atoms with Crippen molar-refractivity contribution in [3.8, 4) is 0 Å². The van der Waals surface area contributed by atoms with Gasteiger partial charge in [-0.15, -0.1) is 0 Å². The highest BCUT2D eigenvalue weighted by Crippen LogP contribution is 1.97. The second-order valence-corrected chi connectivity index (χ2v) is 2.29. The van der Waals surface area contributed by atoms with Crippen LogP contribution in [0.1, 0.15) is 13.8 Å². The van der Waals surface area contributed by atoms with Crippen molar-refractivity contribution in [1.29, 1.82) is 5.41 Å². The Kier molecular flexibility index (Phi) is 5.13. The Morgan fingerprint density at radius 1 is 1.43 bits per heavy atom. The second kappa shape index (κ2) is 5.85. The third-order valence-corrected chi connectivity index (χ3v) is 1.19. The van der Waals surface area contributed by atoms with E-state index in [0.29, 0.717) is 6.21 Å². The summed E-state index contributed by atoms with van der Waals surface area (Å²) in [6.45, 7) is 2.68. The number of carbonyl (C=O) groups excluding carboxylic acids is 3. The molecule has 0 amide bonds. The summed E-state index contributed by atoms with van der Waals surface area (Å²) in [7, 11) is 0. The summed E-state index contributed by atoms with van der Waals surface area (Å²) < 4.78 is 8.89. The number of hydrogen-bond donors (Lipinski definition) is 1. The summed E-state index contributed by atoms with van der Waals surface area (Å²) in [6, 6.07) is 0. The van der Waals surface area contributed by atoms with Gasteiger partial charge in [-0.05, 0) is 6.92 Å². The molecule has 78 valence electrons. The van der Waals surface area contributed by atoms with Crippen LogP contribution < -0.4 is 0 Å². The lowest BCUT2D eigenvalue weighted by molar-refractivity contribution is -0.168. The molecule has 0 rings (SSSR count). The summed E-state index contributed by atoms with van der Waals surface area (Å²) in [5.74, 6) is -2.66. The van der Waals surface area contributed by atoms with Crippen molar-refractivity contribution in [1.82, 2.24) is 0 Å². The molecule has 6 heteroatoms. The Hall–Kier alpha value is -1.72. The molecule has 0 fully saturated rings. The minimum atomic E-state index is -1.65. The van der Waals surface area contributed by atoms with Crippen LogP contribution in [0.5, 0.6) is 0 Å². The van der Waals surface area contributed by atoms with Crippen molar-refractivity contribution in [2.24, 2.45) is 0 Å². The molecule has 0 aliphatic rings. The van der Waals surface area contributed by atoms with Crippen LogP contribution in [0.3, 0.4) is 0 Å². The number of carbonyl (C=O) groups is 3. The molecule has 0 aromatic heterocycles. The number of Topliss-reactive ketones (excluding diaryl/α,β-unsaturated/α-hetero) is 1. The van der Waals surface area contributed by atoms with E-state index in [9.17, 15) is 14.4 Å². The van der Waals surface area contributed by atoms with Crippen LogP contribution >= 0.6 is 0 Å². The standard InChI is InChI=1S/C8H11NO5/c1-3-13-8(12)7(6(11)4-9)14-5(2)10/h4,7,9H,3H2,1-2H3. The van der Waals surface area contributed by atoms with E-state index in [-0.39, 0.29) is 6.61 Å². The van der Waals surface area contributed by atoms with Crippen molar-refractivity contribution in [2.75, 3.05) is 6.61 Å². The molecule has 1 atom stereocenters. The first-order chi connectivity index (χ1) is 6.52. The zero-order valence-electron chi connectivity index (χ0n) is 7.90. The van der Waals surface area contributed by atoms with Crippen molar-refractivity contribution in [3.63, 3.8) is 0 Å². The molecular formula is C8H11NO5. The fraction of sp³-hybridized carbons (Fsp3) is 0.500. The van der Waals surface area contributed by atoms with Gasteiger partial charge in [-0.3, -0.25) is 9.59 Å². The summed E-state index contributed by atoms with van der Waals surface area (Å²) in [4.78, 5) is 32.5. The van der Waals surface area contributed by atoms with Crippen LogP contribution in [0, 0.1) is 5.41 Å². The molecule has 0 saturated heterocycles. The normalized spacial score (nSPS) is 11.3. The number of ketones is 1. The monoisotopic (exact) mass is 201 g/mol. The van der Waals surface area contributed by atoms with E-state index in [2.05, 4.69) is 9.47 Å². The van der Waals surface area contributed by atoms with Gasteiger partial charge < -0.3 is 14.9 Å². The third-order valence-electron chi connectivity index (χ3n) is 1.19. The van der Waals surface area contributed by atoms with Crippen LogP contribution in [0.2, 0.25) is 0 Å². The predicted octanol–water partition coefficient (Wildman–Crippen LogP) is -0.300. The van der Waals surface area contributed by atoms with Crippen LogP contribution in [0.4, 0.5) is 0 Å². The van der Waals surface area contributed by atoms with Crippen molar-refractivity contribution >= 4 is 23.9 Å². The Balaban J connectivity index is 4.53. The number of ether oxygens (including phenoxy) is 2. The first-order valence-electron chi connectivity index (χ1n) is 3.91. The first-order valence-corrected chi connectivity index (χ1v) is 3.91. The highest BCUT2D eigenvalue weighted by Gasteiger charge is 2.29. The van der Waals surface area contributed by atoms with E-state index in [4.69, 9.17) is 5.41 Å². The van der Waals surface area contributed by atoms with Crippen LogP contribution in [0.25, 0.3) is 0 Å². The van der Waals surface area contributed by atoms with E-state index < -0.39 is 23.8 Å². The van der Waals surface area contributed by atoms with E-state index in [0.717, 1.165) is 6.92 Å². The maximum atomic E-state index is 11.1. The lowest BCUT2D eigenvalue weighted by atomic mass is 10.2. The molecule has 0 heterocycles. The number of rotatable bonds is 5. The van der Waals surface area contributed by atoms with Gasteiger partial charge in [0, 0.05) is 6.92 Å². The van der Waals surface area contributed by atoms with Gasteiger partial charge in [-0.1, -0.05) is 0 Å². The minimum absolute atomic E-state index is 0.0713. The van der Waals surface area contributed by atoms with Gasteiger partial charge in [0.1, 0.15) is 0 Å². The topological polar surface area (TPSA) is 93.5 Å². The van der Waals surface area contributed by atoms with Crippen LogP contribution in [-0.4, -0.2) is 36.6 Å². The second-order valence-electron chi connectivity index (χ2n) is 2.29. The summed E-state index contributed by atoms with van der Waals surface area (Å²) in [5.41, 5.74) is 0. The molecule has 0 aliphatic carbocycles. The smallest absolute Gasteiger partial charge is 0.355 e. The minimum Gasteiger partial charge on any atom is -0.463 e. The highest BCUT2D eigenvalue weighted by molar-refractivity contribution is 6.33. The lowest BCUT2D eigenvalue weighted by Gasteiger charge is -2.11. The highest BCUT2D eigenvalue weighted by atomic mass is 16.6. The van der Waals surface area contributed by atoms with E-state index in [1.807, 2.05) is 0 Å². The van der Waals surface area contributed by atoms with Crippen molar-refractivity contribution in [3.05, 3.63) is 0 Å². The molecule has 14 heavy (non-hydrogen) atoms. The number of hydrogen-bond acceptors (Lipinski definition) is 6. The molecule has 0 spiro atoms. The third kappa shape index (κ3) is 3.79. The first kappa shape index (κ1) is 12.3. The van der Waals surface area contributed by atoms with Gasteiger partial charge in [0.05, 0.1) is 12.8 Å². The molecule has 1 unspecified atom stereocenters. The Morgan fingerprint density at radius 2 is 2.00 bits per heavy atom. The Bertz CT molecular complexity index is 260. The zero-order valence-corrected chi connectivity index (χ0v) is 7.90. The zero-order chi connectivity index (χ0) is 11.1. The van der Waals surface area contributed by atoms with Crippen molar-refractivity contribution < 1.29 is 23.9 Å². The van der Waals surface area contributed by atoms with E-state index >= 15 is 0 Å². The Labute approximate surface area is 80.7 Å². The maximum absolute atomic E-state index is 11.1. The molecule has 6 nitrogen and oxygen atoms in total. The quantitative estimate of drug-likeness (QED) is 0.374. The van der Waals surface area contributed by atoms with Crippen molar-refractivity contribution in [2.45, 2.75) is 20.0 Å². The number of nitrogens with one attached hydrogen (secondary N) is 1. The van der Waals surface area contributed by atoms with Gasteiger partial charge in [-0.25, -0.2) is 4.79 Å². The molecular weight excluding hydrogens is 190 g/mol. The van der Waals surface area contributed by atoms with E-state index in [1.54, 1.807) is 6.92 Å². The fourth-order valence-electron chi connectivity index (χ4n) is 0.682. The van der Waals surface area contributed by atoms with Gasteiger partial charge >= 0.3 is 11.9 Å². The molecule has 0 aromatic rings. The SMILES string of the molecule is CCOC(=O)C(OC(C)=O)C(=O)C=N. The van der Waals surface area contributed by atoms with Crippen LogP contribution in [0.15, 0.2) is 0 Å². The molecule has 0 bridgehead atoms. The van der Waals surface area contributed by atoms with Gasteiger partial charge in [0.25, 0.3) is 6.10 Å². The van der Waals surface area contributed by atoms with Gasteiger partial charge in [0.2, 0.25) is 5.78 Å². The summed E-state index contributed by atoms with van der Waals surface area (Å²) in [5, 5.41) is 6.64. The average molecular weight is 201 g/mol. The molecule has 1 N–H and O–H groups in total. The summed E-state index contributed by atoms with van der Waals surface area (Å²) in [6.07, 6.45) is -1.24. The molecule has 0 radical (unpaired) electrons. The largest absolute Gasteiger partial charge is 0.463 e. The average Bonchev–Trinajstić information content (AvgIpc) is 2.13. The summed E-state index contributed by atoms with van der Waals surface area (Å²) >= 11 is 0. The molecule has 0 aliphatic heterocycles. The molecule has 0 saturated carbocycles. The van der Waals surface area contributed by atoms with Gasteiger partial charge in [-0.2, -0.15) is 0 Å². The Morgan fingerprint density at radius 3 is 2.36 bits per heavy atom. The van der Waals surface area contributed by atoms with Crippen LogP contribution in [-0.2, 0) is 23.9 Å². The lowest BCUT2D eigenvalue weighted by Crippen LogP contribution is -2.36.